The molecule has 0 aliphatic carbocycles. The third-order valence-electron chi connectivity index (χ3n) is 8.48. The van der Waals surface area contributed by atoms with E-state index in [9.17, 15) is 9.90 Å². The molecule has 0 spiro atoms. The van der Waals surface area contributed by atoms with Gasteiger partial charge < -0.3 is 14.7 Å². The summed E-state index contributed by atoms with van der Waals surface area (Å²) in [5.74, 6) is 0.893. The highest BCUT2D eigenvalue weighted by Crippen LogP contribution is 2.39. The fraction of sp³-hybridized carbons (Fsp3) is 0.424. The Kier molecular flexibility index (Phi) is 7.87. The van der Waals surface area contributed by atoms with Gasteiger partial charge in [-0.2, -0.15) is 0 Å². The number of benzene rings is 3. The third kappa shape index (κ3) is 5.64. The van der Waals surface area contributed by atoms with Crippen molar-refractivity contribution in [1.82, 2.24) is 9.80 Å². The summed E-state index contributed by atoms with van der Waals surface area (Å²) >= 11 is 0. The van der Waals surface area contributed by atoms with Crippen molar-refractivity contribution in [3.63, 3.8) is 0 Å². The average Bonchev–Trinajstić information content (AvgIpc) is 2.93. The molecule has 5 heteroatoms. The Balaban J connectivity index is 1.32. The molecule has 3 aromatic carbocycles. The van der Waals surface area contributed by atoms with Gasteiger partial charge in [-0.15, -0.1) is 0 Å². The first-order valence-corrected chi connectivity index (χ1v) is 13.9. The van der Waals surface area contributed by atoms with E-state index in [-0.39, 0.29) is 11.9 Å². The number of amides is 1. The first kappa shape index (κ1) is 26.5. The quantitative estimate of drug-likeness (QED) is 0.473. The molecule has 200 valence electrons. The Labute approximate surface area is 227 Å². The van der Waals surface area contributed by atoms with Gasteiger partial charge in [0.2, 0.25) is 0 Å². The molecule has 2 heterocycles. The summed E-state index contributed by atoms with van der Waals surface area (Å²) in [6.45, 7) is 6.53. The van der Waals surface area contributed by atoms with Crippen LogP contribution < -0.4 is 4.74 Å². The zero-order chi connectivity index (χ0) is 26.7. The van der Waals surface area contributed by atoms with Crippen LogP contribution in [0.4, 0.5) is 0 Å². The van der Waals surface area contributed by atoms with Gasteiger partial charge in [0.25, 0.3) is 5.91 Å². The van der Waals surface area contributed by atoms with Crippen LogP contribution >= 0.6 is 0 Å². The van der Waals surface area contributed by atoms with Gasteiger partial charge >= 0.3 is 0 Å². The highest BCUT2D eigenvalue weighted by Gasteiger charge is 2.40. The van der Waals surface area contributed by atoms with Crippen LogP contribution in [0.3, 0.4) is 0 Å². The van der Waals surface area contributed by atoms with Crippen molar-refractivity contribution in [3.05, 3.63) is 101 Å². The molecule has 0 aromatic heterocycles. The van der Waals surface area contributed by atoms with Gasteiger partial charge in [0.05, 0.1) is 12.7 Å². The largest absolute Gasteiger partial charge is 0.496 e. The molecular weight excluding hydrogens is 472 g/mol. The summed E-state index contributed by atoms with van der Waals surface area (Å²) in [7, 11) is 1.66. The van der Waals surface area contributed by atoms with Crippen LogP contribution in [0.25, 0.3) is 0 Å². The molecular formula is C33H40N2O3. The second kappa shape index (κ2) is 11.3. The number of likely N-dealkylation sites (tertiary alicyclic amines) is 2. The SMILES string of the molecule is COc1ccccc1C1(O)CCN(C2CCN(C(=O)c3cc(C)cc(C)c3)C(Cc3ccccc3)C2)CC1. The lowest BCUT2D eigenvalue weighted by atomic mass is 9.82. The second-order valence-electron chi connectivity index (χ2n) is 11.2. The summed E-state index contributed by atoms with van der Waals surface area (Å²) in [5, 5.41) is 11.5. The number of aryl methyl sites for hydroxylation is 2. The molecule has 2 aliphatic rings. The van der Waals surface area contributed by atoms with Crippen molar-refractivity contribution >= 4 is 5.91 Å². The molecule has 2 atom stereocenters. The molecule has 5 nitrogen and oxygen atoms in total. The van der Waals surface area contributed by atoms with Crippen molar-refractivity contribution in [2.45, 2.75) is 63.6 Å². The van der Waals surface area contributed by atoms with Crippen molar-refractivity contribution in [1.29, 1.82) is 0 Å². The molecule has 38 heavy (non-hydrogen) atoms. The van der Waals surface area contributed by atoms with E-state index < -0.39 is 5.60 Å². The van der Waals surface area contributed by atoms with Crippen LogP contribution in [0.2, 0.25) is 0 Å². The van der Waals surface area contributed by atoms with E-state index in [0.29, 0.717) is 18.9 Å². The predicted molar refractivity (Wildman–Crippen MR) is 152 cm³/mol. The Hall–Kier alpha value is -3.15. The van der Waals surface area contributed by atoms with Crippen LogP contribution in [-0.2, 0) is 12.0 Å². The summed E-state index contributed by atoms with van der Waals surface area (Å²) in [4.78, 5) is 18.4. The van der Waals surface area contributed by atoms with Gasteiger partial charge in [-0.05, 0) is 69.7 Å². The lowest BCUT2D eigenvalue weighted by Gasteiger charge is -2.47. The number of carbonyl (C=O) groups is 1. The minimum absolute atomic E-state index is 0.138. The van der Waals surface area contributed by atoms with Gasteiger partial charge in [-0.25, -0.2) is 0 Å². The van der Waals surface area contributed by atoms with Gasteiger partial charge in [-0.1, -0.05) is 65.7 Å². The minimum atomic E-state index is -0.869. The normalized spacial score (nSPS) is 21.7. The fourth-order valence-electron chi connectivity index (χ4n) is 6.53. The molecule has 1 N–H and O–H groups in total. The molecule has 0 radical (unpaired) electrons. The van der Waals surface area contributed by atoms with Gasteiger partial charge in [-0.3, -0.25) is 9.69 Å². The number of rotatable bonds is 6. The summed E-state index contributed by atoms with van der Waals surface area (Å²) in [6, 6.07) is 25.0. The Morgan fingerprint density at radius 1 is 0.947 bits per heavy atom. The number of piperidine rings is 2. The van der Waals surface area contributed by atoms with Crippen molar-refractivity contribution in [2.24, 2.45) is 0 Å². The van der Waals surface area contributed by atoms with Gasteiger partial charge in [0.15, 0.2) is 0 Å². The number of carbonyl (C=O) groups excluding carboxylic acids is 1. The van der Waals surface area contributed by atoms with Crippen LogP contribution in [-0.4, -0.2) is 59.6 Å². The number of nitrogens with zero attached hydrogens (tertiary/aromatic N) is 2. The van der Waals surface area contributed by atoms with E-state index in [2.05, 4.69) is 54.0 Å². The second-order valence-corrected chi connectivity index (χ2v) is 11.2. The molecule has 2 aliphatic heterocycles. The van der Waals surface area contributed by atoms with E-state index in [1.54, 1.807) is 7.11 Å². The number of aliphatic hydroxyl groups is 1. The number of hydrogen-bond donors (Lipinski definition) is 1. The first-order valence-electron chi connectivity index (χ1n) is 13.9. The van der Waals surface area contributed by atoms with Crippen molar-refractivity contribution in [2.75, 3.05) is 26.7 Å². The van der Waals surface area contributed by atoms with Crippen molar-refractivity contribution < 1.29 is 14.6 Å². The van der Waals surface area contributed by atoms with Crippen molar-refractivity contribution in [3.8, 4) is 5.75 Å². The fourth-order valence-corrected chi connectivity index (χ4v) is 6.53. The lowest BCUT2D eigenvalue weighted by Crippen LogP contribution is -2.55. The maximum atomic E-state index is 13.8. The average molecular weight is 513 g/mol. The number of methoxy groups -OCH3 is 1. The number of para-hydroxylation sites is 1. The first-order chi connectivity index (χ1) is 18.4. The summed E-state index contributed by atoms with van der Waals surface area (Å²) in [6.07, 6.45) is 4.11. The monoisotopic (exact) mass is 512 g/mol. The van der Waals surface area contributed by atoms with E-state index in [1.807, 2.05) is 42.5 Å². The van der Waals surface area contributed by atoms with Crippen LogP contribution in [0.15, 0.2) is 72.8 Å². The lowest BCUT2D eigenvalue weighted by molar-refractivity contribution is -0.0459. The molecule has 0 saturated carbocycles. The van der Waals surface area contributed by atoms with E-state index in [1.165, 1.54) is 5.56 Å². The Morgan fingerprint density at radius 2 is 1.61 bits per heavy atom. The zero-order valence-electron chi connectivity index (χ0n) is 22.9. The Bertz CT molecular complexity index is 1230. The molecule has 2 fully saturated rings. The van der Waals surface area contributed by atoms with E-state index in [4.69, 9.17) is 4.74 Å². The van der Waals surface area contributed by atoms with E-state index in [0.717, 1.165) is 66.9 Å². The third-order valence-corrected chi connectivity index (χ3v) is 8.48. The van der Waals surface area contributed by atoms with Gasteiger partial charge in [0.1, 0.15) is 5.75 Å². The van der Waals surface area contributed by atoms with Crippen LogP contribution in [0.5, 0.6) is 5.75 Å². The predicted octanol–water partition coefficient (Wildman–Crippen LogP) is 5.51. The smallest absolute Gasteiger partial charge is 0.254 e. The topological polar surface area (TPSA) is 53.0 Å². The molecule has 3 aromatic rings. The van der Waals surface area contributed by atoms with Crippen LogP contribution in [0, 0.1) is 13.8 Å². The van der Waals surface area contributed by atoms with Gasteiger partial charge in [0, 0.05) is 42.8 Å². The highest BCUT2D eigenvalue weighted by atomic mass is 16.5. The molecule has 0 bridgehead atoms. The molecule has 2 unspecified atom stereocenters. The highest BCUT2D eigenvalue weighted by molar-refractivity contribution is 5.95. The molecule has 5 rings (SSSR count). The summed E-state index contributed by atoms with van der Waals surface area (Å²) in [5.41, 5.74) is 4.32. The number of hydrogen-bond acceptors (Lipinski definition) is 4. The molecule has 2 saturated heterocycles. The number of ether oxygens (including phenoxy) is 1. The zero-order valence-corrected chi connectivity index (χ0v) is 22.9. The maximum absolute atomic E-state index is 13.8. The molecule has 1 amide bonds. The standard InChI is InChI=1S/C33H40N2O3/c1-24-19-25(2)21-27(20-24)32(36)35-16-13-28(23-29(35)22-26-9-5-4-6-10-26)34-17-14-33(37,15-18-34)30-11-7-8-12-31(30)38-3/h4-12,19-21,28-29,37H,13-18,22-23H2,1-3H3. The Morgan fingerprint density at radius 3 is 2.29 bits per heavy atom. The van der Waals surface area contributed by atoms with E-state index >= 15 is 0 Å². The minimum Gasteiger partial charge on any atom is -0.496 e. The summed E-state index contributed by atoms with van der Waals surface area (Å²) < 4.78 is 5.55. The van der Waals surface area contributed by atoms with Crippen LogP contribution in [0.1, 0.15) is 58.3 Å². The maximum Gasteiger partial charge on any atom is 0.254 e.